The van der Waals surface area contributed by atoms with Gasteiger partial charge in [0.05, 0.1) is 16.1 Å². The molecule has 5 nitrogen and oxygen atoms in total. The molecule has 3 rings (SSSR count). The largest absolute Gasteiger partial charge is 0.485 e. The number of nitrogens with zero attached hydrogens (tertiary/aromatic N) is 1. The normalized spacial score (nSPS) is 13.4. The molecular weight excluding hydrogens is 455 g/mol. The molecule has 0 saturated carbocycles. The average Bonchev–Trinajstić information content (AvgIpc) is 3.14. The van der Waals surface area contributed by atoms with Gasteiger partial charge in [0, 0.05) is 5.56 Å². The molecule has 0 saturated heterocycles. The summed E-state index contributed by atoms with van der Waals surface area (Å²) in [4.78, 5) is 16.5. The highest BCUT2D eigenvalue weighted by molar-refractivity contribution is 7.15. The molecule has 0 radical (unpaired) electrons. The summed E-state index contributed by atoms with van der Waals surface area (Å²) in [6, 6.07) is 10.1. The van der Waals surface area contributed by atoms with Crippen molar-refractivity contribution >= 4 is 17.3 Å². The van der Waals surface area contributed by atoms with Crippen molar-refractivity contribution in [2.45, 2.75) is 52.5 Å². The monoisotopic (exact) mass is 479 g/mol. The minimum Gasteiger partial charge on any atom is -0.485 e. The number of hydrogen-bond donors (Lipinski definition) is 1. The lowest BCUT2D eigenvalue weighted by molar-refractivity contribution is -0.144. The van der Waals surface area contributed by atoms with E-state index in [1.165, 1.54) is 30.4 Å². The second kappa shape index (κ2) is 9.82. The first-order valence-electron chi connectivity index (χ1n) is 10.3. The van der Waals surface area contributed by atoms with Gasteiger partial charge in [0.15, 0.2) is 6.10 Å². The number of carboxylic acid groups (broad SMARTS) is 1. The van der Waals surface area contributed by atoms with E-state index in [-0.39, 0.29) is 6.10 Å². The number of aliphatic carboxylic acids is 1. The number of hydrogen-bond acceptors (Lipinski definition) is 5. The SMILES string of the molecule is CCC(Oc1ccc(OC(C)C(=O)O)c(C)c1)c1sc(-c2ccc(C(F)(F)F)cc2)nc1C. The number of benzene rings is 2. The molecule has 176 valence electrons. The van der Waals surface area contributed by atoms with Crippen LogP contribution in [0.3, 0.4) is 0 Å². The zero-order valence-corrected chi connectivity index (χ0v) is 19.4. The molecular formula is C24H24F3NO4S. The summed E-state index contributed by atoms with van der Waals surface area (Å²) in [5.74, 6) is 0.00714. The van der Waals surface area contributed by atoms with Crippen LogP contribution in [0.1, 0.15) is 48.1 Å². The van der Waals surface area contributed by atoms with E-state index in [4.69, 9.17) is 14.6 Å². The molecule has 0 amide bonds. The zero-order valence-electron chi connectivity index (χ0n) is 18.6. The first-order chi connectivity index (χ1) is 15.5. The summed E-state index contributed by atoms with van der Waals surface area (Å²) in [5.41, 5.74) is 1.41. The van der Waals surface area contributed by atoms with Gasteiger partial charge in [-0.15, -0.1) is 11.3 Å². The molecule has 3 aromatic rings. The molecule has 1 aromatic heterocycles. The summed E-state index contributed by atoms with van der Waals surface area (Å²) in [6.07, 6.45) is -4.99. The Morgan fingerprint density at radius 3 is 2.33 bits per heavy atom. The first kappa shape index (κ1) is 24.6. The fourth-order valence-corrected chi connectivity index (χ4v) is 4.37. The van der Waals surface area contributed by atoms with E-state index in [0.29, 0.717) is 28.5 Å². The second-order valence-electron chi connectivity index (χ2n) is 7.58. The molecule has 2 atom stereocenters. The van der Waals surface area contributed by atoms with Crippen LogP contribution < -0.4 is 9.47 Å². The lowest BCUT2D eigenvalue weighted by Crippen LogP contribution is -2.23. The van der Waals surface area contributed by atoms with E-state index in [2.05, 4.69) is 4.98 Å². The highest BCUT2D eigenvalue weighted by Crippen LogP contribution is 2.37. The van der Waals surface area contributed by atoms with Crippen LogP contribution in [0.25, 0.3) is 10.6 Å². The molecule has 0 fully saturated rings. The Balaban J connectivity index is 1.79. The standard InChI is InChI=1S/C24H24F3NO4S/c1-5-19(32-18-10-11-20(13(2)12-18)31-15(4)23(29)30)21-14(3)28-22(33-21)16-6-8-17(9-7-16)24(25,26)27/h6-12,15,19H,5H2,1-4H3,(H,29,30). The van der Waals surface area contributed by atoms with Crippen LogP contribution in [-0.2, 0) is 11.0 Å². The van der Waals surface area contributed by atoms with Crippen LogP contribution in [0, 0.1) is 13.8 Å². The van der Waals surface area contributed by atoms with Crippen LogP contribution in [0.15, 0.2) is 42.5 Å². The molecule has 2 unspecified atom stereocenters. The fourth-order valence-electron chi connectivity index (χ4n) is 3.19. The molecule has 0 spiro atoms. The highest BCUT2D eigenvalue weighted by atomic mass is 32.1. The zero-order chi connectivity index (χ0) is 24.3. The Morgan fingerprint density at radius 2 is 1.79 bits per heavy atom. The topological polar surface area (TPSA) is 68.7 Å². The van der Waals surface area contributed by atoms with E-state index < -0.39 is 23.8 Å². The quantitative estimate of drug-likeness (QED) is 0.384. The third-order valence-electron chi connectivity index (χ3n) is 5.03. The predicted molar refractivity (Wildman–Crippen MR) is 120 cm³/mol. The second-order valence-corrected chi connectivity index (χ2v) is 8.61. The van der Waals surface area contributed by atoms with E-state index in [1.54, 1.807) is 25.1 Å². The molecule has 1 N–H and O–H groups in total. The number of aryl methyl sites for hydroxylation is 2. The van der Waals surface area contributed by atoms with Gasteiger partial charge in [-0.2, -0.15) is 13.2 Å². The van der Waals surface area contributed by atoms with Crippen LogP contribution in [0.2, 0.25) is 0 Å². The fraction of sp³-hybridized carbons (Fsp3) is 0.333. The Bertz CT molecular complexity index is 1130. The smallest absolute Gasteiger partial charge is 0.416 e. The third kappa shape index (κ3) is 5.84. The van der Waals surface area contributed by atoms with Gasteiger partial charge >= 0.3 is 12.1 Å². The number of carbonyl (C=O) groups is 1. The van der Waals surface area contributed by atoms with Gasteiger partial charge in [0.25, 0.3) is 0 Å². The summed E-state index contributed by atoms with van der Waals surface area (Å²) in [7, 11) is 0. The number of carboxylic acids is 1. The average molecular weight is 480 g/mol. The number of rotatable bonds is 8. The van der Waals surface area contributed by atoms with E-state index in [9.17, 15) is 18.0 Å². The summed E-state index contributed by atoms with van der Waals surface area (Å²) < 4.78 is 50.1. The minimum atomic E-state index is -4.38. The van der Waals surface area contributed by atoms with Crippen molar-refractivity contribution < 1.29 is 32.5 Å². The molecule has 9 heteroatoms. The molecule has 0 bridgehead atoms. The molecule has 0 aliphatic rings. The van der Waals surface area contributed by atoms with Gasteiger partial charge in [0.2, 0.25) is 0 Å². The number of thiazole rings is 1. The van der Waals surface area contributed by atoms with Crippen molar-refractivity contribution in [1.29, 1.82) is 0 Å². The molecule has 0 aliphatic carbocycles. The van der Waals surface area contributed by atoms with E-state index in [0.717, 1.165) is 28.3 Å². The molecule has 0 aliphatic heterocycles. The Labute approximate surface area is 193 Å². The lowest BCUT2D eigenvalue weighted by Gasteiger charge is -2.18. The van der Waals surface area contributed by atoms with Crippen LogP contribution in [0.5, 0.6) is 11.5 Å². The molecule has 1 heterocycles. The van der Waals surface area contributed by atoms with Gasteiger partial charge in [0.1, 0.15) is 22.6 Å². The Hall–Kier alpha value is -3.07. The van der Waals surface area contributed by atoms with E-state index >= 15 is 0 Å². The number of alkyl halides is 3. The molecule has 2 aromatic carbocycles. The lowest BCUT2D eigenvalue weighted by atomic mass is 10.1. The number of aromatic nitrogens is 1. The van der Waals surface area contributed by atoms with Crippen molar-refractivity contribution in [3.63, 3.8) is 0 Å². The van der Waals surface area contributed by atoms with Crippen molar-refractivity contribution in [3.8, 4) is 22.1 Å². The summed E-state index contributed by atoms with van der Waals surface area (Å²) in [6.45, 7) is 7.08. The number of halogens is 3. The van der Waals surface area contributed by atoms with Crippen molar-refractivity contribution in [3.05, 3.63) is 64.2 Å². The predicted octanol–water partition coefficient (Wildman–Crippen LogP) is 6.83. The van der Waals surface area contributed by atoms with Gasteiger partial charge in [-0.1, -0.05) is 19.1 Å². The molecule has 33 heavy (non-hydrogen) atoms. The van der Waals surface area contributed by atoms with Crippen LogP contribution >= 0.6 is 11.3 Å². The maximum absolute atomic E-state index is 12.8. The highest BCUT2D eigenvalue weighted by Gasteiger charge is 2.30. The van der Waals surface area contributed by atoms with Crippen LogP contribution in [-0.4, -0.2) is 22.2 Å². The van der Waals surface area contributed by atoms with Crippen molar-refractivity contribution in [2.24, 2.45) is 0 Å². The Morgan fingerprint density at radius 1 is 1.12 bits per heavy atom. The Kier molecular flexibility index (Phi) is 7.31. The van der Waals surface area contributed by atoms with E-state index in [1.807, 2.05) is 13.8 Å². The van der Waals surface area contributed by atoms with Gasteiger partial charge < -0.3 is 14.6 Å². The summed E-state index contributed by atoms with van der Waals surface area (Å²) >= 11 is 1.39. The third-order valence-corrected chi connectivity index (χ3v) is 6.33. The maximum atomic E-state index is 12.8. The first-order valence-corrected chi connectivity index (χ1v) is 11.1. The van der Waals surface area contributed by atoms with Gasteiger partial charge in [-0.05, 0) is 63.1 Å². The minimum absolute atomic E-state index is 0.296. The van der Waals surface area contributed by atoms with Crippen molar-refractivity contribution in [2.75, 3.05) is 0 Å². The van der Waals surface area contributed by atoms with Gasteiger partial charge in [-0.3, -0.25) is 0 Å². The van der Waals surface area contributed by atoms with Gasteiger partial charge in [-0.25, -0.2) is 9.78 Å². The van der Waals surface area contributed by atoms with Crippen molar-refractivity contribution in [1.82, 2.24) is 4.98 Å². The summed E-state index contributed by atoms with van der Waals surface area (Å²) in [5, 5.41) is 9.65. The van der Waals surface area contributed by atoms with Crippen LogP contribution in [0.4, 0.5) is 13.2 Å². The maximum Gasteiger partial charge on any atom is 0.416 e. The number of ether oxygens (including phenoxy) is 2.